The molecule has 2 aliphatic heterocycles. The Bertz CT molecular complexity index is 1550. The summed E-state index contributed by atoms with van der Waals surface area (Å²) in [7, 11) is 0. The molecule has 2 aliphatic rings. The van der Waals surface area contributed by atoms with Crippen LogP contribution in [0, 0.1) is 10.1 Å². The number of benzene rings is 3. The molecule has 0 saturated carbocycles. The summed E-state index contributed by atoms with van der Waals surface area (Å²) in [6.07, 6.45) is 3.29. The van der Waals surface area contributed by atoms with Crippen molar-refractivity contribution in [2.75, 3.05) is 11.4 Å². The number of para-hydroxylation sites is 1. The predicted octanol–water partition coefficient (Wildman–Crippen LogP) is 3.72. The van der Waals surface area contributed by atoms with Gasteiger partial charge in [-0.3, -0.25) is 29.4 Å². The molecular formula is C29H22N4O5. The molecule has 0 N–H and O–H groups in total. The van der Waals surface area contributed by atoms with E-state index in [2.05, 4.69) is 0 Å². The van der Waals surface area contributed by atoms with E-state index in [1.165, 1.54) is 12.1 Å². The van der Waals surface area contributed by atoms with Crippen LogP contribution in [0.15, 0.2) is 103 Å². The zero-order valence-electron chi connectivity index (χ0n) is 20.1. The number of hydrogen-bond donors (Lipinski definition) is 0. The molecule has 0 radical (unpaired) electrons. The number of amides is 3. The van der Waals surface area contributed by atoms with Crippen molar-refractivity contribution in [1.82, 2.24) is 9.47 Å². The first-order valence-electron chi connectivity index (χ1n) is 12.1. The van der Waals surface area contributed by atoms with Crippen LogP contribution in [-0.2, 0) is 16.9 Å². The molecule has 0 saturated heterocycles. The highest BCUT2D eigenvalue weighted by Crippen LogP contribution is 2.48. The van der Waals surface area contributed by atoms with Gasteiger partial charge in [0.15, 0.2) is 5.54 Å². The number of aromatic nitrogens is 1. The second-order valence-corrected chi connectivity index (χ2v) is 9.31. The van der Waals surface area contributed by atoms with E-state index in [0.29, 0.717) is 11.3 Å². The van der Waals surface area contributed by atoms with Gasteiger partial charge in [-0.25, -0.2) is 0 Å². The van der Waals surface area contributed by atoms with Gasteiger partial charge in [0.1, 0.15) is 6.04 Å². The van der Waals surface area contributed by atoms with Crippen molar-refractivity contribution in [2.45, 2.75) is 18.1 Å². The van der Waals surface area contributed by atoms with Crippen LogP contribution < -0.4 is 4.90 Å². The first kappa shape index (κ1) is 23.4. The molecule has 188 valence electrons. The summed E-state index contributed by atoms with van der Waals surface area (Å²) < 4.78 is 1.59. The van der Waals surface area contributed by atoms with Crippen LogP contribution in [0.5, 0.6) is 0 Å². The number of nitrogens with zero attached hydrogens (tertiary/aromatic N) is 4. The zero-order valence-corrected chi connectivity index (χ0v) is 20.1. The third kappa shape index (κ3) is 3.28. The smallest absolute Gasteiger partial charge is 0.262 e. The molecular weight excluding hydrogens is 484 g/mol. The Kier molecular flexibility index (Phi) is 5.41. The molecule has 3 amide bonds. The van der Waals surface area contributed by atoms with Gasteiger partial charge >= 0.3 is 0 Å². The normalized spacial score (nSPS) is 19.0. The number of imide groups is 1. The molecule has 38 heavy (non-hydrogen) atoms. The van der Waals surface area contributed by atoms with Crippen LogP contribution in [0.25, 0.3) is 0 Å². The molecule has 6 rings (SSSR count). The van der Waals surface area contributed by atoms with E-state index < -0.39 is 40.8 Å². The lowest BCUT2D eigenvalue weighted by molar-refractivity contribution is -0.487. The molecule has 3 heterocycles. The summed E-state index contributed by atoms with van der Waals surface area (Å²) >= 11 is 0. The van der Waals surface area contributed by atoms with Crippen LogP contribution >= 0.6 is 0 Å². The Labute approximate surface area is 217 Å². The highest BCUT2D eigenvalue weighted by Gasteiger charge is 2.63. The first-order valence-corrected chi connectivity index (χ1v) is 12.1. The van der Waals surface area contributed by atoms with E-state index in [4.69, 9.17) is 0 Å². The minimum Gasteiger partial charge on any atom is -0.334 e. The van der Waals surface area contributed by atoms with E-state index in [9.17, 15) is 24.5 Å². The summed E-state index contributed by atoms with van der Waals surface area (Å²) in [6, 6.07) is 24.8. The van der Waals surface area contributed by atoms with Gasteiger partial charge in [-0.15, -0.1) is 0 Å². The van der Waals surface area contributed by atoms with Gasteiger partial charge in [-0.05, 0) is 35.9 Å². The van der Waals surface area contributed by atoms with Gasteiger partial charge in [0.25, 0.3) is 17.7 Å². The zero-order chi connectivity index (χ0) is 26.4. The van der Waals surface area contributed by atoms with Gasteiger partial charge in [0, 0.05) is 22.9 Å². The molecule has 0 unspecified atom stereocenters. The summed E-state index contributed by atoms with van der Waals surface area (Å²) in [5.74, 6) is -1.77. The van der Waals surface area contributed by atoms with Gasteiger partial charge in [-0.2, -0.15) is 0 Å². The second kappa shape index (κ2) is 8.81. The second-order valence-electron chi connectivity index (χ2n) is 9.31. The van der Waals surface area contributed by atoms with Gasteiger partial charge in [-0.1, -0.05) is 60.7 Å². The molecule has 0 aliphatic carbocycles. The largest absolute Gasteiger partial charge is 0.334 e. The molecule has 0 fully saturated rings. The van der Waals surface area contributed by atoms with Crippen LogP contribution in [0.4, 0.5) is 5.69 Å². The average molecular weight is 507 g/mol. The maximum absolute atomic E-state index is 14.7. The van der Waals surface area contributed by atoms with E-state index in [1.807, 2.05) is 30.3 Å². The molecule has 0 bridgehead atoms. The Morgan fingerprint density at radius 3 is 1.97 bits per heavy atom. The maximum atomic E-state index is 14.7. The minimum atomic E-state index is -1.75. The van der Waals surface area contributed by atoms with Crippen molar-refractivity contribution in [3.05, 3.63) is 136 Å². The summed E-state index contributed by atoms with van der Waals surface area (Å²) in [5.41, 5.74) is 0.489. The predicted molar refractivity (Wildman–Crippen MR) is 138 cm³/mol. The molecule has 9 heteroatoms. The van der Waals surface area contributed by atoms with Gasteiger partial charge in [0.2, 0.25) is 6.54 Å². The van der Waals surface area contributed by atoms with Crippen LogP contribution in [0.2, 0.25) is 0 Å². The van der Waals surface area contributed by atoms with Gasteiger partial charge in [0.05, 0.1) is 23.4 Å². The lowest BCUT2D eigenvalue weighted by atomic mass is 9.82. The number of nitro groups is 1. The monoisotopic (exact) mass is 506 g/mol. The molecule has 1 aromatic heterocycles. The Morgan fingerprint density at radius 1 is 0.763 bits per heavy atom. The van der Waals surface area contributed by atoms with Gasteiger partial charge < -0.3 is 9.47 Å². The van der Waals surface area contributed by atoms with Crippen molar-refractivity contribution in [1.29, 1.82) is 0 Å². The molecule has 0 spiro atoms. The molecule has 9 nitrogen and oxygen atoms in total. The highest BCUT2D eigenvalue weighted by molar-refractivity contribution is 6.22. The fourth-order valence-electron chi connectivity index (χ4n) is 5.73. The van der Waals surface area contributed by atoms with E-state index in [-0.39, 0.29) is 17.7 Å². The van der Waals surface area contributed by atoms with Crippen molar-refractivity contribution in [3.63, 3.8) is 0 Å². The fourth-order valence-corrected chi connectivity index (χ4v) is 5.73. The van der Waals surface area contributed by atoms with Crippen LogP contribution in [0.1, 0.15) is 31.8 Å². The third-order valence-corrected chi connectivity index (χ3v) is 7.31. The fraction of sp³-hybridized carbons (Fsp3) is 0.138. The van der Waals surface area contributed by atoms with Crippen molar-refractivity contribution in [2.24, 2.45) is 0 Å². The molecule has 2 atom stereocenters. The number of rotatable bonds is 7. The van der Waals surface area contributed by atoms with E-state index >= 15 is 0 Å². The topological polar surface area (TPSA) is 106 Å². The van der Waals surface area contributed by atoms with Crippen molar-refractivity contribution < 1.29 is 19.3 Å². The molecule has 3 aromatic carbocycles. The number of fused-ring (bicyclic) bond motifs is 2. The standard InChI is InChI=1S/C29H22N4O5/c34-26-21-12-4-5-13-22(21)27(35)33(26)25(19-32(37)38)29(30-16-8-9-17-30)23-14-6-7-15-24(23)31(28(29)36)18-20-10-2-1-3-11-20/h1-17,25H,18-19H2/t25-,29+/m1/s1. The van der Waals surface area contributed by atoms with Crippen molar-refractivity contribution >= 4 is 23.4 Å². The Morgan fingerprint density at radius 2 is 1.34 bits per heavy atom. The first-order chi connectivity index (χ1) is 18.4. The Hall–Kier alpha value is -5.05. The number of carbonyl (C=O) groups is 3. The Balaban J connectivity index is 1.59. The van der Waals surface area contributed by atoms with Crippen molar-refractivity contribution in [3.8, 4) is 0 Å². The maximum Gasteiger partial charge on any atom is 0.262 e. The summed E-state index contributed by atoms with van der Waals surface area (Å²) in [5, 5.41) is 12.1. The summed E-state index contributed by atoms with van der Waals surface area (Å²) in [6.45, 7) is -0.601. The average Bonchev–Trinajstić information content (AvgIpc) is 3.61. The van der Waals surface area contributed by atoms with E-state index in [0.717, 1.165) is 10.5 Å². The lowest BCUT2D eigenvalue weighted by Crippen LogP contribution is -2.63. The highest BCUT2D eigenvalue weighted by atomic mass is 16.6. The number of carbonyl (C=O) groups excluding carboxylic acids is 3. The molecule has 4 aromatic rings. The lowest BCUT2D eigenvalue weighted by Gasteiger charge is -2.39. The van der Waals surface area contributed by atoms with Crippen LogP contribution in [-0.4, -0.2) is 44.7 Å². The number of anilines is 1. The third-order valence-electron chi connectivity index (χ3n) is 7.31. The SMILES string of the molecule is O=C1c2ccccc2C(=O)N1[C@H](C[N+](=O)[O-])[C@]1(n2cccc2)C(=O)N(Cc2ccccc2)c2ccccc21. The van der Waals surface area contributed by atoms with E-state index in [1.54, 1.807) is 70.4 Å². The quantitative estimate of drug-likeness (QED) is 0.216. The minimum absolute atomic E-state index is 0.161. The summed E-state index contributed by atoms with van der Waals surface area (Å²) in [4.78, 5) is 56.0. The number of hydrogen-bond acceptors (Lipinski definition) is 5. The van der Waals surface area contributed by atoms with Crippen LogP contribution in [0.3, 0.4) is 0 Å².